The zero-order valence-corrected chi connectivity index (χ0v) is 20.9. The van der Waals surface area contributed by atoms with Gasteiger partial charge >= 0.3 is 6.09 Å². The molecule has 184 valence electrons. The van der Waals surface area contributed by atoms with E-state index >= 15 is 0 Å². The van der Waals surface area contributed by atoms with Crippen LogP contribution in [0.5, 0.6) is 5.75 Å². The summed E-state index contributed by atoms with van der Waals surface area (Å²) < 4.78 is 5.22. The van der Waals surface area contributed by atoms with Crippen LogP contribution < -0.4 is 10.6 Å². The van der Waals surface area contributed by atoms with Crippen molar-refractivity contribution >= 4 is 23.6 Å². The molecular weight excluding hydrogens is 434 g/mol. The Morgan fingerprint density at radius 1 is 0.971 bits per heavy atom. The largest absolute Gasteiger partial charge is 0.508 e. The minimum Gasteiger partial charge on any atom is -0.508 e. The maximum Gasteiger partial charge on any atom is 0.408 e. The van der Waals surface area contributed by atoms with E-state index in [1.165, 1.54) is 17.0 Å². The lowest BCUT2D eigenvalue weighted by Crippen LogP contribution is -2.54. The highest BCUT2D eigenvalue weighted by molar-refractivity contribution is 5.99. The number of nitrogens with one attached hydrogen (secondary N) is 2. The SMILES string of the molecule is Cc1ccccc1NC(=O)C(c1ccc(O)cc1)N(C(=O)CNC(=O)OC(C)(C)C)C(C)(C)C. The number of phenolic OH excluding ortho intramolecular Hbond substituents is 1. The van der Waals surface area contributed by atoms with Crippen molar-refractivity contribution in [1.82, 2.24) is 10.2 Å². The maximum absolute atomic E-state index is 13.6. The van der Waals surface area contributed by atoms with E-state index in [-0.39, 0.29) is 12.3 Å². The van der Waals surface area contributed by atoms with Crippen molar-refractivity contribution in [1.29, 1.82) is 0 Å². The van der Waals surface area contributed by atoms with Gasteiger partial charge in [-0.3, -0.25) is 9.59 Å². The topological polar surface area (TPSA) is 108 Å². The van der Waals surface area contributed by atoms with Crippen molar-refractivity contribution < 1.29 is 24.2 Å². The lowest BCUT2D eigenvalue weighted by molar-refractivity contribution is -0.144. The summed E-state index contributed by atoms with van der Waals surface area (Å²) in [4.78, 5) is 40.5. The van der Waals surface area contributed by atoms with Gasteiger partial charge in [-0.15, -0.1) is 0 Å². The Morgan fingerprint density at radius 2 is 1.56 bits per heavy atom. The van der Waals surface area contributed by atoms with Gasteiger partial charge < -0.3 is 25.4 Å². The monoisotopic (exact) mass is 469 g/mol. The van der Waals surface area contributed by atoms with Crippen molar-refractivity contribution in [2.24, 2.45) is 0 Å². The van der Waals surface area contributed by atoms with Gasteiger partial charge in [-0.25, -0.2) is 4.79 Å². The fourth-order valence-electron chi connectivity index (χ4n) is 3.44. The highest BCUT2D eigenvalue weighted by Gasteiger charge is 2.38. The van der Waals surface area contributed by atoms with E-state index in [9.17, 15) is 19.5 Å². The molecule has 0 saturated carbocycles. The van der Waals surface area contributed by atoms with E-state index in [0.717, 1.165) is 5.56 Å². The standard InChI is InChI=1S/C26H35N3O5/c1-17-10-8-9-11-20(17)28-23(32)22(18-12-14-19(30)15-13-18)29(25(2,3)4)21(31)16-27-24(33)34-26(5,6)7/h8-15,22,30H,16H2,1-7H3,(H,27,33)(H,28,32). The van der Waals surface area contributed by atoms with E-state index in [0.29, 0.717) is 11.3 Å². The number of hydrogen-bond acceptors (Lipinski definition) is 5. The number of ether oxygens (including phenoxy) is 1. The summed E-state index contributed by atoms with van der Waals surface area (Å²) in [5.41, 5.74) is 0.534. The summed E-state index contributed by atoms with van der Waals surface area (Å²) in [5, 5.41) is 15.2. The molecule has 0 spiro atoms. The van der Waals surface area contributed by atoms with Gasteiger partial charge in [0.2, 0.25) is 5.91 Å². The predicted molar refractivity (Wildman–Crippen MR) is 131 cm³/mol. The summed E-state index contributed by atoms with van der Waals surface area (Å²) in [6, 6.07) is 12.5. The van der Waals surface area contributed by atoms with Gasteiger partial charge in [0, 0.05) is 11.2 Å². The first-order chi connectivity index (χ1) is 15.7. The summed E-state index contributed by atoms with van der Waals surface area (Å²) in [6.45, 7) is 12.2. The highest BCUT2D eigenvalue weighted by atomic mass is 16.6. The third kappa shape index (κ3) is 7.50. The second kappa shape index (κ2) is 10.6. The van der Waals surface area contributed by atoms with Crippen LogP contribution in [0.2, 0.25) is 0 Å². The lowest BCUT2D eigenvalue weighted by atomic mass is 9.96. The molecule has 0 saturated heterocycles. The summed E-state index contributed by atoms with van der Waals surface area (Å²) in [7, 11) is 0. The lowest BCUT2D eigenvalue weighted by Gasteiger charge is -2.41. The zero-order valence-electron chi connectivity index (χ0n) is 20.9. The number of para-hydroxylation sites is 1. The normalized spacial score (nSPS) is 12.4. The van der Waals surface area contributed by atoms with Crippen LogP contribution >= 0.6 is 0 Å². The molecule has 34 heavy (non-hydrogen) atoms. The number of anilines is 1. The van der Waals surface area contributed by atoms with E-state index in [1.807, 2.05) is 45.9 Å². The Labute approximate surface area is 201 Å². The first-order valence-electron chi connectivity index (χ1n) is 11.1. The van der Waals surface area contributed by atoms with Crippen LogP contribution in [-0.2, 0) is 14.3 Å². The Kier molecular flexibility index (Phi) is 8.31. The van der Waals surface area contributed by atoms with E-state index in [2.05, 4.69) is 10.6 Å². The van der Waals surface area contributed by atoms with Crippen molar-refractivity contribution in [3.63, 3.8) is 0 Å². The number of hydrogen-bond donors (Lipinski definition) is 3. The van der Waals surface area contributed by atoms with Gasteiger partial charge in [0.25, 0.3) is 5.91 Å². The molecule has 0 aliphatic carbocycles. The Bertz CT molecular complexity index is 1020. The molecule has 2 rings (SSSR count). The third-order valence-corrected chi connectivity index (χ3v) is 4.89. The van der Waals surface area contributed by atoms with Gasteiger partial charge in [0.1, 0.15) is 23.9 Å². The van der Waals surface area contributed by atoms with Crippen LogP contribution in [0.15, 0.2) is 48.5 Å². The predicted octanol–water partition coefficient (Wildman–Crippen LogP) is 4.53. The summed E-state index contributed by atoms with van der Waals surface area (Å²) >= 11 is 0. The van der Waals surface area contributed by atoms with Gasteiger partial charge in [0.15, 0.2) is 0 Å². The number of rotatable bonds is 6. The van der Waals surface area contributed by atoms with Gasteiger partial charge in [0.05, 0.1) is 0 Å². The smallest absolute Gasteiger partial charge is 0.408 e. The number of carbonyl (C=O) groups is 3. The minimum absolute atomic E-state index is 0.0436. The molecule has 3 amide bonds. The number of amides is 3. The Balaban J connectivity index is 2.41. The molecule has 0 radical (unpaired) electrons. The van der Waals surface area contributed by atoms with Crippen molar-refractivity contribution in [3.8, 4) is 5.75 Å². The Morgan fingerprint density at radius 3 is 2.09 bits per heavy atom. The van der Waals surface area contributed by atoms with Crippen molar-refractivity contribution in [2.45, 2.75) is 65.6 Å². The molecule has 1 atom stereocenters. The quantitative estimate of drug-likeness (QED) is 0.576. The number of carbonyl (C=O) groups excluding carboxylic acids is 3. The first kappa shape index (κ1) is 26.7. The number of aromatic hydroxyl groups is 1. The molecule has 1 unspecified atom stereocenters. The van der Waals surface area contributed by atoms with E-state index < -0.39 is 35.1 Å². The summed E-state index contributed by atoms with van der Waals surface area (Å²) in [6.07, 6.45) is -0.722. The maximum atomic E-state index is 13.6. The van der Waals surface area contributed by atoms with Crippen LogP contribution in [0, 0.1) is 6.92 Å². The second-order valence-corrected chi connectivity index (χ2v) is 10.1. The molecule has 0 aliphatic heterocycles. The van der Waals surface area contributed by atoms with Crippen LogP contribution in [0.1, 0.15) is 58.7 Å². The number of phenols is 1. The first-order valence-corrected chi connectivity index (χ1v) is 11.1. The number of benzene rings is 2. The minimum atomic E-state index is -1.02. The van der Waals surface area contributed by atoms with Crippen LogP contribution in [0.4, 0.5) is 10.5 Å². The van der Waals surface area contributed by atoms with Crippen LogP contribution in [-0.4, -0.2) is 45.6 Å². The van der Waals surface area contributed by atoms with Crippen LogP contribution in [0.25, 0.3) is 0 Å². The van der Waals surface area contributed by atoms with Crippen LogP contribution in [0.3, 0.4) is 0 Å². The average Bonchev–Trinajstić information content (AvgIpc) is 2.70. The number of aryl methyl sites for hydroxylation is 1. The molecule has 0 aromatic heterocycles. The molecule has 0 fully saturated rings. The second-order valence-electron chi connectivity index (χ2n) is 10.1. The zero-order chi connectivity index (χ0) is 25.7. The molecule has 8 nitrogen and oxygen atoms in total. The fourth-order valence-corrected chi connectivity index (χ4v) is 3.44. The molecule has 2 aromatic carbocycles. The Hall–Kier alpha value is -3.55. The van der Waals surface area contributed by atoms with Gasteiger partial charge in [-0.2, -0.15) is 0 Å². The molecule has 0 bridgehead atoms. The van der Waals surface area contributed by atoms with Crippen molar-refractivity contribution in [2.75, 3.05) is 11.9 Å². The average molecular weight is 470 g/mol. The molecule has 8 heteroatoms. The van der Waals surface area contributed by atoms with E-state index in [4.69, 9.17) is 4.74 Å². The summed E-state index contributed by atoms with van der Waals surface area (Å²) in [5.74, 6) is -0.834. The number of alkyl carbamates (subject to hydrolysis) is 1. The van der Waals surface area contributed by atoms with Crippen molar-refractivity contribution in [3.05, 3.63) is 59.7 Å². The van der Waals surface area contributed by atoms with Gasteiger partial charge in [-0.05, 0) is 77.8 Å². The highest BCUT2D eigenvalue weighted by Crippen LogP contribution is 2.31. The molecule has 3 N–H and O–H groups in total. The molecule has 0 heterocycles. The van der Waals surface area contributed by atoms with E-state index in [1.54, 1.807) is 39.0 Å². The fraction of sp³-hybridized carbons (Fsp3) is 0.423. The van der Waals surface area contributed by atoms with Gasteiger partial charge in [-0.1, -0.05) is 30.3 Å². The molecule has 0 aliphatic rings. The number of nitrogens with zero attached hydrogens (tertiary/aromatic N) is 1. The third-order valence-electron chi connectivity index (χ3n) is 4.89. The molecule has 2 aromatic rings. The molecular formula is C26H35N3O5.